The Balaban J connectivity index is 2.11. The van der Waals surface area contributed by atoms with Crippen molar-refractivity contribution in [2.45, 2.75) is 50.9 Å². The van der Waals surface area contributed by atoms with Crippen LogP contribution in [0, 0.1) is 0 Å². The zero-order valence-electron chi connectivity index (χ0n) is 10.2. The third-order valence-electron chi connectivity index (χ3n) is 3.63. The van der Waals surface area contributed by atoms with Gasteiger partial charge in [-0.25, -0.2) is 0 Å². The van der Waals surface area contributed by atoms with E-state index < -0.39 is 5.97 Å². The first kappa shape index (κ1) is 12.2. The highest BCUT2D eigenvalue weighted by Crippen LogP contribution is 2.31. The lowest BCUT2D eigenvalue weighted by atomic mass is 9.90. The van der Waals surface area contributed by atoms with Crippen molar-refractivity contribution < 1.29 is 9.90 Å². The Bertz CT molecular complexity index is 376. The molecule has 0 spiro atoms. The summed E-state index contributed by atoms with van der Waals surface area (Å²) in [6.07, 6.45) is 7.99. The highest BCUT2D eigenvalue weighted by molar-refractivity contribution is 5.70. The molecular formula is C15H20O2. The van der Waals surface area contributed by atoms with E-state index in [1.54, 1.807) is 0 Å². The Morgan fingerprint density at radius 2 is 1.88 bits per heavy atom. The molecule has 0 atom stereocenters. The molecular weight excluding hydrogens is 212 g/mol. The molecule has 1 aliphatic carbocycles. The molecule has 2 nitrogen and oxygen atoms in total. The fourth-order valence-electron chi connectivity index (χ4n) is 2.74. The van der Waals surface area contributed by atoms with Crippen LogP contribution in [0.5, 0.6) is 0 Å². The van der Waals surface area contributed by atoms with E-state index in [9.17, 15) is 4.79 Å². The summed E-state index contributed by atoms with van der Waals surface area (Å²) in [4.78, 5) is 10.7. The Hall–Kier alpha value is -1.31. The molecule has 92 valence electrons. The van der Waals surface area contributed by atoms with Crippen LogP contribution in [0.3, 0.4) is 0 Å². The summed E-state index contributed by atoms with van der Waals surface area (Å²) in [5.74, 6) is -0.103. The third-order valence-corrected chi connectivity index (χ3v) is 3.63. The number of aliphatic carboxylic acids is 1. The zero-order chi connectivity index (χ0) is 12.1. The number of carboxylic acid groups (broad SMARTS) is 1. The van der Waals surface area contributed by atoms with Crippen molar-refractivity contribution in [3.8, 4) is 0 Å². The minimum atomic E-state index is -0.747. The van der Waals surface area contributed by atoms with E-state index in [1.165, 1.54) is 44.1 Å². The molecule has 0 aromatic heterocycles. The average Bonchev–Trinajstić information content (AvgIpc) is 2.57. The molecule has 1 aromatic rings. The van der Waals surface area contributed by atoms with Gasteiger partial charge < -0.3 is 5.11 Å². The van der Waals surface area contributed by atoms with Crippen molar-refractivity contribution >= 4 is 5.97 Å². The fraction of sp³-hybridized carbons (Fsp3) is 0.533. The third kappa shape index (κ3) is 3.58. The summed E-state index contributed by atoms with van der Waals surface area (Å²) in [5.41, 5.74) is 2.27. The van der Waals surface area contributed by atoms with E-state index in [4.69, 9.17) is 5.11 Å². The maximum Gasteiger partial charge on any atom is 0.307 e. The molecule has 0 saturated heterocycles. The summed E-state index contributed by atoms with van der Waals surface area (Å²) in [6, 6.07) is 8.15. The molecule has 0 unspecified atom stereocenters. The Kier molecular flexibility index (Phi) is 4.18. The van der Waals surface area contributed by atoms with Crippen LogP contribution in [0.1, 0.15) is 55.6 Å². The van der Waals surface area contributed by atoms with E-state index in [1.807, 2.05) is 12.1 Å². The maximum atomic E-state index is 10.7. The second-order valence-electron chi connectivity index (χ2n) is 5.00. The molecule has 0 bridgehead atoms. The number of carboxylic acids is 1. The van der Waals surface area contributed by atoms with Gasteiger partial charge in [-0.1, -0.05) is 49.9 Å². The van der Waals surface area contributed by atoms with Gasteiger partial charge in [-0.3, -0.25) is 4.79 Å². The Morgan fingerprint density at radius 3 is 2.53 bits per heavy atom. The molecule has 2 rings (SSSR count). The summed E-state index contributed by atoms with van der Waals surface area (Å²) in [5, 5.41) is 8.81. The summed E-state index contributed by atoms with van der Waals surface area (Å²) in [6.45, 7) is 0. The van der Waals surface area contributed by atoms with Gasteiger partial charge in [0.1, 0.15) is 0 Å². The first-order chi connectivity index (χ1) is 8.25. The number of hydrogen-bond acceptors (Lipinski definition) is 1. The van der Waals surface area contributed by atoms with E-state index in [2.05, 4.69) is 12.1 Å². The molecule has 1 fully saturated rings. The number of benzene rings is 1. The minimum absolute atomic E-state index is 0.139. The SMILES string of the molecule is O=C(O)Cc1cccc(C2CCCCCC2)c1. The topological polar surface area (TPSA) is 37.3 Å². The van der Waals surface area contributed by atoms with E-state index in [-0.39, 0.29) is 6.42 Å². The lowest BCUT2D eigenvalue weighted by molar-refractivity contribution is -0.136. The van der Waals surface area contributed by atoms with Crippen LogP contribution >= 0.6 is 0 Å². The van der Waals surface area contributed by atoms with Crippen LogP contribution in [0.15, 0.2) is 24.3 Å². The largest absolute Gasteiger partial charge is 0.481 e. The summed E-state index contributed by atoms with van der Waals surface area (Å²) >= 11 is 0. The zero-order valence-corrected chi connectivity index (χ0v) is 10.2. The lowest BCUT2D eigenvalue weighted by Crippen LogP contribution is -2.02. The van der Waals surface area contributed by atoms with Crippen molar-refractivity contribution in [1.82, 2.24) is 0 Å². The van der Waals surface area contributed by atoms with Crippen LogP contribution < -0.4 is 0 Å². The number of carbonyl (C=O) groups is 1. The van der Waals surface area contributed by atoms with Crippen molar-refractivity contribution in [3.63, 3.8) is 0 Å². The van der Waals surface area contributed by atoms with E-state index in [0.717, 1.165) is 5.56 Å². The monoisotopic (exact) mass is 232 g/mol. The van der Waals surface area contributed by atoms with Crippen molar-refractivity contribution in [3.05, 3.63) is 35.4 Å². The van der Waals surface area contributed by atoms with Gasteiger partial charge in [0, 0.05) is 0 Å². The molecule has 0 heterocycles. The molecule has 0 aliphatic heterocycles. The molecule has 1 aromatic carbocycles. The summed E-state index contributed by atoms with van der Waals surface area (Å²) in [7, 11) is 0. The first-order valence-corrected chi connectivity index (χ1v) is 6.56. The predicted molar refractivity (Wildman–Crippen MR) is 68.2 cm³/mol. The summed E-state index contributed by atoms with van der Waals surface area (Å²) < 4.78 is 0. The average molecular weight is 232 g/mol. The van der Waals surface area contributed by atoms with Gasteiger partial charge in [-0.15, -0.1) is 0 Å². The van der Waals surface area contributed by atoms with Gasteiger partial charge in [0.25, 0.3) is 0 Å². The quantitative estimate of drug-likeness (QED) is 0.806. The smallest absolute Gasteiger partial charge is 0.307 e. The lowest BCUT2D eigenvalue weighted by Gasteiger charge is -2.15. The Morgan fingerprint density at radius 1 is 1.18 bits per heavy atom. The highest BCUT2D eigenvalue weighted by Gasteiger charge is 2.14. The molecule has 0 amide bonds. The van der Waals surface area contributed by atoms with Gasteiger partial charge in [0.2, 0.25) is 0 Å². The highest BCUT2D eigenvalue weighted by atomic mass is 16.4. The standard InChI is InChI=1S/C15H20O2/c16-15(17)11-12-6-5-9-14(10-12)13-7-3-1-2-4-8-13/h5-6,9-10,13H,1-4,7-8,11H2,(H,16,17). The van der Waals surface area contributed by atoms with Crippen molar-refractivity contribution in [1.29, 1.82) is 0 Å². The number of rotatable bonds is 3. The van der Waals surface area contributed by atoms with Crippen LogP contribution in [-0.4, -0.2) is 11.1 Å². The van der Waals surface area contributed by atoms with Crippen molar-refractivity contribution in [2.75, 3.05) is 0 Å². The number of hydrogen-bond donors (Lipinski definition) is 1. The van der Waals surface area contributed by atoms with E-state index in [0.29, 0.717) is 5.92 Å². The van der Waals surface area contributed by atoms with Gasteiger partial charge in [-0.05, 0) is 29.9 Å². The van der Waals surface area contributed by atoms with Gasteiger partial charge in [-0.2, -0.15) is 0 Å². The molecule has 1 saturated carbocycles. The minimum Gasteiger partial charge on any atom is -0.481 e. The molecule has 2 heteroatoms. The van der Waals surface area contributed by atoms with Crippen LogP contribution in [0.25, 0.3) is 0 Å². The van der Waals surface area contributed by atoms with E-state index >= 15 is 0 Å². The second kappa shape index (κ2) is 5.85. The van der Waals surface area contributed by atoms with Gasteiger partial charge in [0.05, 0.1) is 6.42 Å². The second-order valence-corrected chi connectivity index (χ2v) is 5.00. The normalized spacial score (nSPS) is 17.6. The maximum absolute atomic E-state index is 10.7. The molecule has 1 N–H and O–H groups in total. The molecule has 17 heavy (non-hydrogen) atoms. The molecule has 0 radical (unpaired) electrons. The van der Waals surface area contributed by atoms with Crippen LogP contribution in [-0.2, 0) is 11.2 Å². The Labute approximate surface area is 103 Å². The van der Waals surface area contributed by atoms with Crippen LogP contribution in [0.4, 0.5) is 0 Å². The first-order valence-electron chi connectivity index (χ1n) is 6.56. The van der Waals surface area contributed by atoms with Gasteiger partial charge in [0.15, 0.2) is 0 Å². The van der Waals surface area contributed by atoms with Crippen molar-refractivity contribution in [2.24, 2.45) is 0 Å². The van der Waals surface area contributed by atoms with Crippen LogP contribution in [0.2, 0.25) is 0 Å². The predicted octanol–water partition coefficient (Wildman–Crippen LogP) is 3.75. The fourth-order valence-corrected chi connectivity index (χ4v) is 2.74. The van der Waals surface area contributed by atoms with Gasteiger partial charge >= 0.3 is 5.97 Å². The molecule has 1 aliphatic rings.